The summed E-state index contributed by atoms with van der Waals surface area (Å²) in [7, 11) is 0. The molecular formula is C13H20FN3O. The van der Waals surface area contributed by atoms with Crippen LogP contribution in [0.5, 0.6) is 0 Å². The molecule has 0 aliphatic carbocycles. The number of hydrogen-bond acceptors (Lipinski definition) is 3. The van der Waals surface area contributed by atoms with E-state index in [9.17, 15) is 9.18 Å². The van der Waals surface area contributed by atoms with Gasteiger partial charge >= 0.3 is 0 Å². The number of nitrogens with two attached hydrogens (primary N) is 2. The van der Waals surface area contributed by atoms with Gasteiger partial charge in [-0.1, -0.05) is 19.8 Å². The van der Waals surface area contributed by atoms with Crippen molar-refractivity contribution in [1.82, 2.24) is 0 Å². The second kappa shape index (κ2) is 6.23. The second-order valence-electron chi connectivity index (χ2n) is 4.47. The van der Waals surface area contributed by atoms with Crippen LogP contribution in [0.2, 0.25) is 0 Å². The Balaban J connectivity index is 2.88. The average molecular weight is 253 g/mol. The number of halogens is 1. The first-order chi connectivity index (χ1) is 8.45. The monoisotopic (exact) mass is 253 g/mol. The molecule has 0 aromatic heterocycles. The molecular weight excluding hydrogens is 233 g/mol. The van der Waals surface area contributed by atoms with Gasteiger partial charge in [0.1, 0.15) is 5.82 Å². The first-order valence-corrected chi connectivity index (χ1v) is 6.11. The van der Waals surface area contributed by atoms with Crippen molar-refractivity contribution in [2.24, 2.45) is 5.73 Å². The number of amides is 1. The van der Waals surface area contributed by atoms with Crippen molar-refractivity contribution in [2.45, 2.75) is 39.2 Å². The molecule has 1 atom stereocenters. The van der Waals surface area contributed by atoms with Gasteiger partial charge in [-0.3, -0.25) is 4.79 Å². The summed E-state index contributed by atoms with van der Waals surface area (Å²) in [6.45, 7) is 4.07. The number of carbonyl (C=O) groups excluding carboxylic acids is 1. The zero-order chi connectivity index (χ0) is 13.7. The van der Waals surface area contributed by atoms with Gasteiger partial charge in [0, 0.05) is 11.7 Å². The molecule has 1 rings (SSSR count). The third-order valence-corrected chi connectivity index (χ3v) is 2.80. The highest BCUT2D eigenvalue weighted by Crippen LogP contribution is 2.23. The third-order valence-electron chi connectivity index (χ3n) is 2.80. The highest BCUT2D eigenvalue weighted by Gasteiger charge is 2.13. The van der Waals surface area contributed by atoms with Gasteiger partial charge < -0.3 is 16.8 Å². The summed E-state index contributed by atoms with van der Waals surface area (Å²) in [5, 5.41) is 3.03. The van der Waals surface area contributed by atoms with E-state index in [1.165, 1.54) is 6.07 Å². The summed E-state index contributed by atoms with van der Waals surface area (Å²) in [6.07, 6.45) is 3.09. The van der Waals surface area contributed by atoms with Gasteiger partial charge in [-0.2, -0.15) is 0 Å². The van der Waals surface area contributed by atoms with Crippen molar-refractivity contribution < 1.29 is 9.18 Å². The molecule has 1 aromatic rings. The van der Waals surface area contributed by atoms with Gasteiger partial charge in [-0.15, -0.1) is 0 Å². The van der Waals surface area contributed by atoms with E-state index < -0.39 is 11.7 Å². The van der Waals surface area contributed by atoms with Crippen LogP contribution in [0.25, 0.3) is 0 Å². The molecule has 100 valence electrons. The Labute approximate surface area is 107 Å². The topological polar surface area (TPSA) is 81.1 Å². The predicted molar refractivity (Wildman–Crippen MR) is 71.9 cm³/mol. The zero-order valence-corrected chi connectivity index (χ0v) is 10.8. The molecule has 18 heavy (non-hydrogen) atoms. The van der Waals surface area contributed by atoms with Crippen LogP contribution < -0.4 is 16.8 Å². The van der Waals surface area contributed by atoms with E-state index in [-0.39, 0.29) is 23.0 Å². The molecule has 0 spiro atoms. The van der Waals surface area contributed by atoms with Crippen LogP contribution >= 0.6 is 0 Å². The summed E-state index contributed by atoms with van der Waals surface area (Å²) in [4.78, 5) is 11.1. The van der Waals surface area contributed by atoms with Crippen LogP contribution in [0, 0.1) is 5.82 Å². The number of benzene rings is 1. The van der Waals surface area contributed by atoms with E-state index in [1.54, 1.807) is 0 Å². The Morgan fingerprint density at radius 2 is 2.17 bits per heavy atom. The Morgan fingerprint density at radius 3 is 2.72 bits per heavy atom. The molecule has 4 nitrogen and oxygen atoms in total. The van der Waals surface area contributed by atoms with Crippen LogP contribution in [0.4, 0.5) is 15.8 Å². The first kappa shape index (κ1) is 14.3. The van der Waals surface area contributed by atoms with E-state index >= 15 is 0 Å². The van der Waals surface area contributed by atoms with Gasteiger partial charge in [-0.25, -0.2) is 4.39 Å². The number of rotatable bonds is 6. The Kier molecular flexibility index (Phi) is 4.95. The number of nitrogens with one attached hydrogen (secondary N) is 1. The average Bonchev–Trinajstić information content (AvgIpc) is 2.29. The Morgan fingerprint density at radius 1 is 1.50 bits per heavy atom. The lowest BCUT2D eigenvalue weighted by Gasteiger charge is -2.16. The van der Waals surface area contributed by atoms with Crippen molar-refractivity contribution in [3.05, 3.63) is 23.5 Å². The highest BCUT2D eigenvalue weighted by atomic mass is 19.1. The van der Waals surface area contributed by atoms with Crippen LogP contribution in [-0.2, 0) is 0 Å². The van der Waals surface area contributed by atoms with E-state index in [0.29, 0.717) is 0 Å². The van der Waals surface area contributed by atoms with Crippen molar-refractivity contribution in [2.75, 3.05) is 11.1 Å². The van der Waals surface area contributed by atoms with Crippen molar-refractivity contribution in [3.8, 4) is 0 Å². The minimum atomic E-state index is -0.656. The molecule has 0 aliphatic rings. The van der Waals surface area contributed by atoms with E-state index in [4.69, 9.17) is 11.5 Å². The number of carbonyl (C=O) groups is 1. The smallest absolute Gasteiger partial charge is 0.250 e. The normalized spacial score (nSPS) is 12.2. The first-order valence-electron chi connectivity index (χ1n) is 6.11. The Hall–Kier alpha value is -1.78. The van der Waals surface area contributed by atoms with Crippen LogP contribution in [0.15, 0.2) is 12.1 Å². The lowest BCUT2D eigenvalue weighted by Crippen LogP contribution is -2.18. The molecule has 5 N–H and O–H groups in total. The van der Waals surface area contributed by atoms with Crippen LogP contribution in [0.1, 0.15) is 43.5 Å². The maximum atomic E-state index is 13.7. The number of primary amides is 1. The maximum absolute atomic E-state index is 13.7. The summed E-state index contributed by atoms with van der Waals surface area (Å²) in [5.74, 6) is -1.13. The minimum absolute atomic E-state index is 0.0618. The number of unbranched alkanes of at least 4 members (excludes halogenated alkanes) is 1. The number of anilines is 2. The third kappa shape index (κ3) is 3.61. The summed E-state index contributed by atoms with van der Waals surface area (Å²) in [6, 6.07) is 2.62. The molecule has 0 aliphatic heterocycles. The number of nitrogen functional groups attached to an aromatic ring is 1. The standard InChI is InChI=1S/C13H20FN3O/c1-3-4-5-8(2)17-12-6-9(13(16)18)11(15)7-10(12)14/h6-8,17H,3-5,15H2,1-2H3,(H2,16,18). The van der Waals surface area contributed by atoms with Crippen molar-refractivity contribution >= 4 is 17.3 Å². The summed E-state index contributed by atoms with van der Waals surface area (Å²) >= 11 is 0. The minimum Gasteiger partial charge on any atom is -0.398 e. The fourth-order valence-electron chi connectivity index (χ4n) is 1.76. The molecule has 0 bridgehead atoms. The molecule has 1 aromatic carbocycles. The largest absolute Gasteiger partial charge is 0.398 e. The van der Waals surface area contributed by atoms with Gasteiger partial charge in [0.05, 0.1) is 11.3 Å². The Bertz CT molecular complexity index is 434. The quantitative estimate of drug-likeness (QED) is 0.681. The van der Waals surface area contributed by atoms with Gasteiger partial charge in [0.2, 0.25) is 0 Å². The van der Waals surface area contributed by atoms with E-state index in [0.717, 1.165) is 25.3 Å². The SMILES string of the molecule is CCCCC(C)Nc1cc(C(N)=O)c(N)cc1F. The zero-order valence-electron chi connectivity index (χ0n) is 10.8. The second-order valence-corrected chi connectivity index (χ2v) is 4.47. The molecule has 1 unspecified atom stereocenters. The van der Waals surface area contributed by atoms with Crippen LogP contribution in [-0.4, -0.2) is 11.9 Å². The van der Waals surface area contributed by atoms with Gasteiger partial charge in [0.25, 0.3) is 5.91 Å². The lowest BCUT2D eigenvalue weighted by molar-refractivity contribution is 0.100. The van der Waals surface area contributed by atoms with E-state index in [2.05, 4.69) is 12.2 Å². The van der Waals surface area contributed by atoms with Crippen LogP contribution in [0.3, 0.4) is 0 Å². The summed E-state index contributed by atoms with van der Waals surface area (Å²) in [5.41, 5.74) is 11.2. The van der Waals surface area contributed by atoms with Gasteiger partial charge in [-0.05, 0) is 25.5 Å². The molecule has 0 fully saturated rings. The van der Waals surface area contributed by atoms with E-state index in [1.807, 2.05) is 6.92 Å². The molecule has 0 saturated carbocycles. The van der Waals surface area contributed by atoms with Gasteiger partial charge in [0.15, 0.2) is 0 Å². The lowest BCUT2D eigenvalue weighted by atomic mass is 10.1. The highest BCUT2D eigenvalue weighted by molar-refractivity contribution is 5.99. The molecule has 1 amide bonds. The maximum Gasteiger partial charge on any atom is 0.250 e. The molecule has 5 heteroatoms. The molecule has 0 saturated heterocycles. The fraction of sp³-hybridized carbons (Fsp3) is 0.462. The van der Waals surface area contributed by atoms with Crippen molar-refractivity contribution in [1.29, 1.82) is 0 Å². The summed E-state index contributed by atoms with van der Waals surface area (Å²) < 4.78 is 13.7. The molecule has 0 heterocycles. The fourth-order valence-corrected chi connectivity index (χ4v) is 1.76. The van der Waals surface area contributed by atoms with Crippen molar-refractivity contribution in [3.63, 3.8) is 0 Å². The number of hydrogen-bond donors (Lipinski definition) is 3. The predicted octanol–water partition coefficient (Wildman–Crippen LogP) is 2.50. The molecule has 0 radical (unpaired) electrons.